The minimum absolute atomic E-state index is 0. The summed E-state index contributed by atoms with van der Waals surface area (Å²) < 4.78 is 0. The van der Waals surface area contributed by atoms with E-state index < -0.39 is 0 Å². The molecular weight excluding hydrogens is 119 g/mol. The van der Waals surface area contributed by atoms with Crippen molar-refractivity contribution in [2.45, 2.75) is 19.8 Å². The number of unbranched alkanes of at least 4 members (excludes halogenated alkanes) is 1. The SMILES string of the molecule is CCCCS.[Na+].[OH-]. The Balaban J connectivity index is -0.0000000800. The van der Waals surface area contributed by atoms with Gasteiger partial charge in [0.15, 0.2) is 0 Å². The first-order valence-electron chi connectivity index (χ1n) is 2.02. The van der Waals surface area contributed by atoms with Crippen LogP contribution in [0.5, 0.6) is 0 Å². The normalized spacial score (nSPS) is 6.00. The van der Waals surface area contributed by atoms with E-state index in [0.717, 1.165) is 5.75 Å². The predicted molar refractivity (Wildman–Crippen MR) is 30.7 cm³/mol. The molecule has 0 heterocycles. The third-order valence-corrected chi connectivity index (χ3v) is 0.828. The van der Waals surface area contributed by atoms with Crippen LogP contribution in [0.1, 0.15) is 19.8 Å². The van der Waals surface area contributed by atoms with Crippen LogP contribution in [0.3, 0.4) is 0 Å². The first-order valence-corrected chi connectivity index (χ1v) is 2.66. The van der Waals surface area contributed by atoms with E-state index in [2.05, 4.69) is 19.6 Å². The van der Waals surface area contributed by atoms with Crippen molar-refractivity contribution in [3.63, 3.8) is 0 Å². The number of hydrogen-bond acceptors (Lipinski definition) is 2. The van der Waals surface area contributed by atoms with Crippen molar-refractivity contribution >= 4 is 12.6 Å². The zero-order chi connectivity index (χ0) is 4.12. The van der Waals surface area contributed by atoms with E-state index in [4.69, 9.17) is 0 Å². The molecule has 0 radical (unpaired) electrons. The van der Waals surface area contributed by atoms with E-state index in [1.54, 1.807) is 0 Å². The molecule has 0 amide bonds. The molecule has 0 spiro atoms. The smallest absolute Gasteiger partial charge is 0.870 e. The van der Waals surface area contributed by atoms with Crippen molar-refractivity contribution in [3.8, 4) is 0 Å². The van der Waals surface area contributed by atoms with Gasteiger partial charge in [0.25, 0.3) is 0 Å². The van der Waals surface area contributed by atoms with Gasteiger partial charge in [-0.25, -0.2) is 0 Å². The summed E-state index contributed by atoms with van der Waals surface area (Å²) in [6.07, 6.45) is 2.52. The Labute approximate surface area is 72.9 Å². The third-order valence-electron chi connectivity index (χ3n) is 0.512. The molecule has 0 fully saturated rings. The quantitative estimate of drug-likeness (QED) is 0.359. The average Bonchev–Trinajstić information content (AvgIpc) is 1.41. The minimum Gasteiger partial charge on any atom is -0.870 e. The summed E-state index contributed by atoms with van der Waals surface area (Å²) in [5.74, 6) is 1.04. The van der Waals surface area contributed by atoms with Crippen LogP contribution >= 0.6 is 12.6 Å². The molecule has 0 aliphatic heterocycles. The second-order valence-corrected chi connectivity index (χ2v) is 1.52. The fraction of sp³-hybridized carbons (Fsp3) is 1.00. The molecule has 0 atom stereocenters. The molecule has 0 bridgehead atoms. The van der Waals surface area contributed by atoms with Gasteiger partial charge < -0.3 is 5.48 Å². The van der Waals surface area contributed by atoms with E-state index >= 15 is 0 Å². The largest absolute Gasteiger partial charge is 1.00 e. The Morgan fingerprint density at radius 3 is 1.86 bits per heavy atom. The standard InChI is InChI=1S/C4H10S.Na.H2O/c1-2-3-4-5;;/h5H,2-4H2,1H3;;1H2/q;+1;/p-1. The maximum absolute atomic E-state index is 4.00. The molecule has 40 valence electrons. The van der Waals surface area contributed by atoms with Crippen LogP contribution in [0.15, 0.2) is 0 Å². The maximum atomic E-state index is 4.00. The zero-order valence-electron chi connectivity index (χ0n) is 5.02. The van der Waals surface area contributed by atoms with E-state index in [9.17, 15) is 0 Å². The molecule has 0 unspecified atom stereocenters. The van der Waals surface area contributed by atoms with Crippen LogP contribution in [0.4, 0.5) is 0 Å². The van der Waals surface area contributed by atoms with Gasteiger partial charge in [0.05, 0.1) is 0 Å². The summed E-state index contributed by atoms with van der Waals surface area (Å²) in [5.41, 5.74) is 0. The summed E-state index contributed by atoms with van der Waals surface area (Å²) in [5, 5.41) is 0. The molecule has 0 aliphatic carbocycles. The van der Waals surface area contributed by atoms with Crippen molar-refractivity contribution in [1.82, 2.24) is 0 Å². The van der Waals surface area contributed by atoms with Gasteiger partial charge in [-0.3, -0.25) is 0 Å². The Morgan fingerprint density at radius 1 is 1.43 bits per heavy atom. The Hall–Kier alpha value is 1.31. The van der Waals surface area contributed by atoms with E-state index in [-0.39, 0.29) is 35.0 Å². The van der Waals surface area contributed by atoms with Crippen LogP contribution in [0.25, 0.3) is 0 Å². The Bertz CT molecular complexity index is 19.2. The van der Waals surface area contributed by atoms with Crippen LogP contribution < -0.4 is 29.6 Å². The van der Waals surface area contributed by atoms with E-state index in [1.165, 1.54) is 12.8 Å². The van der Waals surface area contributed by atoms with Gasteiger partial charge in [0.2, 0.25) is 0 Å². The topological polar surface area (TPSA) is 30.0 Å². The summed E-state index contributed by atoms with van der Waals surface area (Å²) in [4.78, 5) is 0. The third kappa shape index (κ3) is 18.8. The van der Waals surface area contributed by atoms with Crippen LogP contribution in [-0.2, 0) is 0 Å². The first kappa shape index (κ1) is 15.7. The predicted octanol–water partition coefficient (Wildman–Crippen LogP) is -1.46. The number of hydrogen-bond donors (Lipinski definition) is 1. The molecule has 7 heavy (non-hydrogen) atoms. The molecule has 0 saturated heterocycles. The minimum atomic E-state index is 0. The fourth-order valence-electron chi connectivity index (χ4n) is 0.158. The van der Waals surface area contributed by atoms with Crippen molar-refractivity contribution in [2.75, 3.05) is 5.75 Å². The zero-order valence-corrected chi connectivity index (χ0v) is 7.91. The molecule has 0 aromatic rings. The van der Waals surface area contributed by atoms with Crippen LogP contribution in [0, 0.1) is 0 Å². The molecule has 0 saturated carbocycles. The average molecular weight is 130 g/mol. The summed E-state index contributed by atoms with van der Waals surface area (Å²) in [6, 6.07) is 0. The van der Waals surface area contributed by atoms with Gasteiger partial charge in [-0.15, -0.1) is 0 Å². The Morgan fingerprint density at radius 2 is 1.86 bits per heavy atom. The second-order valence-electron chi connectivity index (χ2n) is 1.08. The number of thiol groups is 1. The van der Waals surface area contributed by atoms with Gasteiger partial charge in [0.1, 0.15) is 0 Å². The number of rotatable bonds is 2. The second kappa shape index (κ2) is 15.7. The molecule has 3 heteroatoms. The van der Waals surface area contributed by atoms with Gasteiger partial charge in [-0.1, -0.05) is 13.3 Å². The molecule has 1 nitrogen and oxygen atoms in total. The van der Waals surface area contributed by atoms with Gasteiger partial charge in [-0.2, -0.15) is 12.6 Å². The Kier molecular flexibility index (Phi) is 35.3. The molecule has 0 aromatic carbocycles. The molecular formula is C4H11NaOS. The van der Waals surface area contributed by atoms with Crippen LogP contribution in [0.2, 0.25) is 0 Å². The first-order chi connectivity index (χ1) is 2.41. The summed E-state index contributed by atoms with van der Waals surface area (Å²) >= 11 is 4.00. The summed E-state index contributed by atoms with van der Waals surface area (Å²) in [7, 11) is 0. The van der Waals surface area contributed by atoms with Crippen molar-refractivity contribution < 1.29 is 35.0 Å². The van der Waals surface area contributed by atoms with E-state index in [0.29, 0.717) is 0 Å². The van der Waals surface area contributed by atoms with Crippen molar-refractivity contribution in [2.24, 2.45) is 0 Å². The van der Waals surface area contributed by atoms with Crippen LogP contribution in [-0.4, -0.2) is 11.2 Å². The molecule has 0 aromatic heterocycles. The molecule has 0 aliphatic rings. The van der Waals surface area contributed by atoms with Gasteiger partial charge in [0, 0.05) is 0 Å². The van der Waals surface area contributed by atoms with Gasteiger partial charge in [-0.05, 0) is 12.2 Å². The fourth-order valence-corrected chi connectivity index (χ4v) is 0.474. The maximum Gasteiger partial charge on any atom is 1.00 e. The van der Waals surface area contributed by atoms with E-state index in [1.807, 2.05) is 0 Å². The van der Waals surface area contributed by atoms with Crippen molar-refractivity contribution in [1.29, 1.82) is 0 Å². The monoisotopic (exact) mass is 130 g/mol. The van der Waals surface area contributed by atoms with Crippen molar-refractivity contribution in [3.05, 3.63) is 0 Å². The molecule has 1 N–H and O–H groups in total. The summed E-state index contributed by atoms with van der Waals surface area (Å²) in [6.45, 7) is 2.16. The van der Waals surface area contributed by atoms with Gasteiger partial charge >= 0.3 is 29.6 Å². The molecule has 0 rings (SSSR count).